The fraction of sp³-hybridized carbons (Fsp3) is 0.667. The van der Waals surface area contributed by atoms with E-state index in [2.05, 4.69) is 24.4 Å². The maximum atomic E-state index is 11.5. The summed E-state index contributed by atoms with van der Waals surface area (Å²) in [5, 5.41) is 10.6. The number of piperidine rings is 1. The van der Waals surface area contributed by atoms with Gasteiger partial charge in [-0.25, -0.2) is 15.0 Å². The zero-order valence-electron chi connectivity index (χ0n) is 15.4. The van der Waals surface area contributed by atoms with Crippen molar-refractivity contribution in [2.24, 2.45) is 0 Å². The van der Waals surface area contributed by atoms with E-state index in [0.29, 0.717) is 11.2 Å². The van der Waals surface area contributed by atoms with Crippen LogP contribution < -0.4 is 39.4 Å². The number of aromatic nitrogens is 4. The zero-order chi connectivity index (χ0) is 18.6. The van der Waals surface area contributed by atoms with Crippen molar-refractivity contribution in [3.8, 4) is 0 Å². The van der Waals surface area contributed by atoms with E-state index < -0.39 is 32.4 Å². The average molecular weight is 419 g/mol. The van der Waals surface area contributed by atoms with Gasteiger partial charge in [-0.2, -0.15) is 0 Å². The quantitative estimate of drug-likeness (QED) is 0.395. The van der Waals surface area contributed by atoms with Gasteiger partial charge in [-0.05, 0) is 19.3 Å². The van der Waals surface area contributed by atoms with E-state index in [0.717, 1.165) is 31.7 Å². The summed E-state index contributed by atoms with van der Waals surface area (Å²) in [6.45, 7) is 1.63. The molecule has 0 spiro atoms. The van der Waals surface area contributed by atoms with Crippen LogP contribution in [0.15, 0.2) is 12.7 Å². The summed E-state index contributed by atoms with van der Waals surface area (Å²) in [5.41, 5.74) is 1.14. The summed E-state index contributed by atoms with van der Waals surface area (Å²) in [5.74, 6) is 0.756. The number of nitrogens with zero attached hydrogens (tertiary/aromatic N) is 5. The first-order valence-electron chi connectivity index (χ1n) is 8.93. The van der Waals surface area contributed by atoms with E-state index in [-0.39, 0.29) is 36.2 Å². The minimum atomic E-state index is -4.42. The number of phosphoric ester groups is 1. The Labute approximate surface area is 182 Å². The van der Waals surface area contributed by atoms with Gasteiger partial charge in [-0.3, -0.25) is 9.13 Å². The van der Waals surface area contributed by atoms with E-state index in [4.69, 9.17) is 9.26 Å². The number of fused-ring (bicyclic) bond motifs is 2. The third kappa shape index (κ3) is 3.53. The smallest absolute Gasteiger partial charge is 0.756 e. The Bertz CT molecular complexity index is 908. The standard InChI is InChI=1S/C15H20N5O6P.Na/c21-11-12-9(6-24-27(22,23)26-12)25-15(11)20-8-18-10-13(16-7-17-14(10)20)19-4-2-1-3-5-19;/h7-9,11-12,15,21H,1-6H2,(H,22,23);/q;+1/p-1/t9-,11-,12-,15-;/m1./s1. The molecule has 0 aliphatic carbocycles. The van der Waals surface area contributed by atoms with Gasteiger partial charge in [0.2, 0.25) is 0 Å². The maximum Gasteiger partial charge on any atom is 1.00 e. The molecule has 28 heavy (non-hydrogen) atoms. The molecule has 5 atom stereocenters. The van der Waals surface area contributed by atoms with Crippen molar-refractivity contribution < 1.29 is 57.9 Å². The number of aliphatic hydroxyl groups is 1. The molecule has 3 aliphatic rings. The first-order valence-corrected chi connectivity index (χ1v) is 10.4. The number of hydrogen-bond donors (Lipinski definition) is 1. The topological polar surface area (TPSA) is 135 Å². The molecule has 3 fully saturated rings. The van der Waals surface area contributed by atoms with Crippen LogP contribution in [0.25, 0.3) is 11.2 Å². The number of phosphoric acid groups is 1. The Hall–Kier alpha value is -0.620. The molecule has 0 saturated carbocycles. The molecule has 0 radical (unpaired) electrons. The normalized spacial score (nSPS) is 35.6. The molecule has 5 heterocycles. The third-order valence-electron chi connectivity index (χ3n) is 5.23. The van der Waals surface area contributed by atoms with Crippen molar-refractivity contribution in [2.75, 3.05) is 24.6 Å². The summed E-state index contributed by atoms with van der Waals surface area (Å²) in [7, 11) is -4.42. The van der Waals surface area contributed by atoms with Crippen molar-refractivity contribution in [3.05, 3.63) is 12.7 Å². The largest absolute Gasteiger partial charge is 1.00 e. The second kappa shape index (κ2) is 7.90. The van der Waals surface area contributed by atoms with Gasteiger partial charge in [0.25, 0.3) is 7.82 Å². The Balaban J connectivity index is 0.00000192. The van der Waals surface area contributed by atoms with Crippen molar-refractivity contribution in [1.82, 2.24) is 19.5 Å². The second-order valence-electron chi connectivity index (χ2n) is 6.94. The molecule has 3 saturated heterocycles. The summed E-state index contributed by atoms with van der Waals surface area (Å²) in [4.78, 5) is 26.9. The molecule has 11 nitrogen and oxygen atoms in total. The molecule has 13 heteroatoms. The van der Waals surface area contributed by atoms with Gasteiger partial charge in [-0.1, -0.05) is 0 Å². The van der Waals surface area contributed by atoms with Crippen LogP contribution in [0.2, 0.25) is 0 Å². The first kappa shape index (κ1) is 20.6. The molecular formula is C15H19N5NaO6P. The molecule has 2 aromatic rings. The van der Waals surface area contributed by atoms with Crippen LogP contribution in [0, 0.1) is 0 Å². The van der Waals surface area contributed by atoms with Crippen LogP contribution in [0.5, 0.6) is 0 Å². The minimum absolute atomic E-state index is 0. The minimum Gasteiger partial charge on any atom is -0.756 e. The molecule has 1 unspecified atom stereocenters. The van der Waals surface area contributed by atoms with Gasteiger partial charge < -0.3 is 28.7 Å². The van der Waals surface area contributed by atoms with Gasteiger partial charge in [0.05, 0.1) is 12.9 Å². The van der Waals surface area contributed by atoms with E-state index in [1.807, 2.05) is 0 Å². The monoisotopic (exact) mass is 419 g/mol. The number of rotatable bonds is 2. The Morgan fingerprint density at radius 3 is 2.79 bits per heavy atom. The molecule has 0 aromatic carbocycles. The van der Waals surface area contributed by atoms with Gasteiger partial charge in [-0.15, -0.1) is 0 Å². The van der Waals surface area contributed by atoms with Gasteiger partial charge in [0, 0.05) is 13.1 Å². The third-order valence-corrected chi connectivity index (χ3v) is 6.19. The predicted molar refractivity (Wildman–Crippen MR) is 89.7 cm³/mol. The zero-order valence-corrected chi connectivity index (χ0v) is 18.3. The summed E-state index contributed by atoms with van der Waals surface area (Å²) < 4.78 is 28.5. The molecular weight excluding hydrogens is 400 g/mol. The molecule has 2 aromatic heterocycles. The van der Waals surface area contributed by atoms with Gasteiger partial charge in [0.15, 0.2) is 23.2 Å². The van der Waals surface area contributed by atoms with Gasteiger partial charge in [0.1, 0.15) is 24.6 Å². The fourth-order valence-corrected chi connectivity index (χ4v) is 4.87. The van der Waals surface area contributed by atoms with Crippen molar-refractivity contribution >= 4 is 24.8 Å². The fourth-order valence-electron chi connectivity index (χ4n) is 3.92. The molecule has 1 N–H and O–H groups in total. The number of aliphatic hydroxyl groups excluding tert-OH is 1. The van der Waals surface area contributed by atoms with Crippen LogP contribution in [0.4, 0.5) is 5.82 Å². The van der Waals surface area contributed by atoms with E-state index in [1.54, 1.807) is 4.57 Å². The summed E-state index contributed by atoms with van der Waals surface area (Å²) >= 11 is 0. The number of imidazole rings is 1. The van der Waals surface area contributed by atoms with Crippen LogP contribution in [0.3, 0.4) is 0 Å². The van der Waals surface area contributed by atoms with E-state index in [9.17, 15) is 14.6 Å². The van der Waals surface area contributed by atoms with E-state index >= 15 is 0 Å². The Morgan fingerprint density at radius 2 is 2.00 bits per heavy atom. The number of ether oxygens (including phenoxy) is 1. The number of anilines is 1. The van der Waals surface area contributed by atoms with Crippen LogP contribution in [-0.4, -0.2) is 62.6 Å². The second-order valence-corrected chi connectivity index (χ2v) is 8.30. The summed E-state index contributed by atoms with van der Waals surface area (Å²) in [6, 6.07) is 0. The molecule has 3 aliphatic heterocycles. The van der Waals surface area contributed by atoms with Crippen LogP contribution in [0.1, 0.15) is 25.5 Å². The molecule has 5 rings (SSSR count). The summed E-state index contributed by atoms with van der Waals surface area (Å²) in [6.07, 6.45) is 2.60. The van der Waals surface area contributed by atoms with Crippen molar-refractivity contribution in [2.45, 2.75) is 43.8 Å². The van der Waals surface area contributed by atoms with Crippen molar-refractivity contribution in [1.29, 1.82) is 0 Å². The average Bonchev–Trinajstić information content (AvgIpc) is 3.23. The SMILES string of the molecule is O=P1([O-])OC[C@H]2O[C@@H](n3cnc4c(N5CCCCC5)ncnc43)[C@H](O)[C@@H]2O1.[Na+]. The number of hydrogen-bond acceptors (Lipinski definition) is 10. The molecule has 146 valence electrons. The van der Waals surface area contributed by atoms with Gasteiger partial charge >= 0.3 is 29.6 Å². The van der Waals surface area contributed by atoms with Crippen LogP contribution in [-0.2, 0) is 18.3 Å². The van der Waals surface area contributed by atoms with E-state index in [1.165, 1.54) is 19.1 Å². The van der Waals surface area contributed by atoms with Crippen molar-refractivity contribution in [3.63, 3.8) is 0 Å². The maximum absolute atomic E-state index is 11.5. The predicted octanol–water partition coefficient (Wildman–Crippen LogP) is -3.04. The Kier molecular flexibility index (Phi) is 5.82. The molecule has 0 bridgehead atoms. The Morgan fingerprint density at radius 1 is 1.21 bits per heavy atom. The molecule has 0 amide bonds. The van der Waals surface area contributed by atoms with Crippen LogP contribution >= 0.6 is 7.82 Å². The first-order chi connectivity index (χ1) is 13.0.